The minimum Gasteiger partial charge on any atom is -0.390 e. The zero-order valence-corrected chi connectivity index (χ0v) is 11.5. The fourth-order valence-corrected chi connectivity index (χ4v) is 2.47. The van der Waals surface area contributed by atoms with Crippen LogP contribution in [0.1, 0.15) is 37.4 Å². The predicted octanol–water partition coefficient (Wildman–Crippen LogP) is 1.15. The average molecular weight is 262 g/mol. The zero-order chi connectivity index (χ0) is 13.8. The number of rotatable bonds is 5. The van der Waals surface area contributed by atoms with Crippen LogP contribution >= 0.6 is 0 Å². The highest BCUT2D eigenvalue weighted by Crippen LogP contribution is 2.31. The molecule has 0 bridgehead atoms. The van der Waals surface area contributed by atoms with Crippen LogP contribution in [0.4, 0.5) is 0 Å². The molecule has 2 rings (SSSR count). The third-order valence-electron chi connectivity index (χ3n) is 3.43. The topological polar surface area (TPSA) is 61.4 Å². The van der Waals surface area contributed by atoms with Crippen molar-refractivity contribution in [1.29, 1.82) is 0 Å². The molecule has 0 aliphatic heterocycles. The lowest BCUT2D eigenvalue weighted by molar-refractivity contribution is -0.122. The van der Waals surface area contributed by atoms with Gasteiger partial charge in [-0.3, -0.25) is 4.79 Å². The van der Waals surface area contributed by atoms with Gasteiger partial charge in [-0.15, -0.1) is 0 Å². The molecule has 0 heterocycles. The van der Waals surface area contributed by atoms with E-state index < -0.39 is 6.10 Å². The second kappa shape index (κ2) is 6.17. The fourth-order valence-electron chi connectivity index (χ4n) is 2.47. The van der Waals surface area contributed by atoms with Gasteiger partial charge in [0.05, 0.1) is 12.1 Å². The van der Waals surface area contributed by atoms with Gasteiger partial charge in [-0.2, -0.15) is 0 Å². The van der Waals surface area contributed by atoms with Gasteiger partial charge in [0.1, 0.15) is 0 Å². The third kappa shape index (κ3) is 3.55. The monoisotopic (exact) mass is 262 g/mol. The summed E-state index contributed by atoms with van der Waals surface area (Å²) in [5, 5.41) is 16.2. The Balaban J connectivity index is 1.90. The molecule has 0 radical (unpaired) electrons. The van der Waals surface area contributed by atoms with Crippen molar-refractivity contribution in [3.05, 3.63) is 35.4 Å². The summed E-state index contributed by atoms with van der Waals surface area (Å²) in [7, 11) is 0. The maximum absolute atomic E-state index is 11.9. The van der Waals surface area contributed by atoms with Gasteiger partial charge in [-0.1, -0.05) is 38.1 Å². The number of hydrogen-bond acceptors (Lipinski definition) is 3. The number of aliphatic hydroxyl groups is 1. The summed E-state index contributed by atoms with van der Waals surface area (Å²) in [4.78, 5) is 11.9. The number of hydrogen-bond donors (Lipinski definition) is 3. The van der Waals surface area contributed by atoms with Gasteiger partial charge < -0.3 is 15.7 Å². The van der Waals surface area contributed by atoms with E-state index in [0.717, 1.165) is 11.1 Å². The first-order chi connectivity index (χ1) is 9.08. The molecule has 104 valence electrons. The Hall–Kier alpha value is -1.39. The Morgan fingerprint density at radius 3 is 2.89 bits per heavy atom. The second-order valence-corrected chi connectivity index (χ2v) is 5.37. The van der Waals surface area contributed by atoms with E-state index in [9.17, 15) is 9.90 Å². The van der Waals surface area contributed by atoms with Crippen molar-refractivity contribution in [3.8, 4) is 0 Å². The predicted molar refractivity (Wildman–Crippen MR) is 74.8 cm³/mol. The molecule has 0 saturated heterocycles. The molecule has 0 fully saturated rings. The summed E-state index contributed by atoms with van der Waals surface area (Å²) in [6, 6.07) is 8.00. The molecule has 4 heteroatoms. The standard InChI is InChI=1S/C15H22N2O2/c1-10(2)16-8-7-14(19)17-15-12-6-4-3-5-11(12)9-13(15)18/h3-6,10,13,15-16,18H,7-9H2,1-2H3,(H,17,19)/t13-,15+/m0/s1. The number of nitrogens with one attached hydrogen (secondary N) is 2. The van der Waals surface area contributed by atoms with E-state index in [4.69, 9.17) is 0 Å². The maximum atomic E-state index is 11.9. The van der Waals surface area contributed by atoms with Crippen LogP contribution < -0.4 is 10.6 Å². The smallest absolute Gasteiger partial charge is 0.221 e. The molecular weight excluding hydrogens is 240 g/mol. The van der Waals surface area contributed by atoms with Gasteiger partial charge in [-0.05, 0) is 11.1 Å². The first-order valence-electron chi connectivity index (χ1n) is 6.86. The Kier molecular flexibility index (Phi) is 4.56. The summed E-state index contributed by atoms with van der Waals surface area (Å²) in [6.07, 6.45) is 0.536. The molecule has 4 nitrogen and oxygen atoms in total. The lowest BCUT2D eigenvalue weighted by atomic mass is 10.1. The van der Waals surface area contributed by atoms with Gasteiger partial charge in [0.25, 0.3) is 0 Å². The van der Waals surface area contributed by atoms with E-state index in [1.165, 1.54) is 0 Å². The summed E-state index contributed by atoms with van der Waals surface area (Å²) in [5.74, 6) is -0.0195. The van der Waals surface area contributed by atoms with Gasteiger partial charge in [0, 0.05) is 25.4 Å². The van der Waals surface area contributed by atoms with E-state index in [1.807, 2.05) is 24.3 Å². The summed E-state index contributed by atoms with van der Waals surface area (Å²) < 4.78 is 0. The van der Waals surface area contributed by atoms with E-state index in [1.54, 1.807) is 0 Å². The van der Waals surface area contributed by atoms with Crippen LogP contribution in [0, 0.1) is 0 Å². The summed E-state index contributed by atoms with van der Waals surface area (Å²) in [6.45, 7) is 4.76. The van der Waals surface area contributed by atoms with Crippen LogP contribution in [0.5, 0.6) is 0 Å². The van der Waals surface area contributed by atoms with E-state index in [0.29, 0.717) is 25.4 Å². The van der Waals surface area contributed by atoms with Gasteiger partial charge in [0.15, 0.2) is 0 Å². The zero-order valence-electron chi connectivity index (χ0n) is 11.5. The van der Waals surface area contributed by atoms with Crippen LogP contribution in [0.15, 0.2) is 24.3 Å². The van der Waals surface area contributed by atoms with Gasteiger partial charge in [0.2, 0.25) is 5.91 Å². The highest BCUT2D eigenvalue weighted by molar-refractivity contribution is 5.77. The van der Waals surface area contributed by atoms with Crippen molar-refractivity contribution in [3.63, 3.8) is 0 Å². The first kappa shape index (κ1) is 14.0. The molecule has 0 spiro atoms. The third-order valence-corrected chi connectivity index (χ3v) is 3.43. The first-order valence-corrected chi connectivity index (χ1v) is 6.86. The molecule has 1 amide bonds. The number of aliphatic hydroxyl groups excluding tert-OH is 1. The largest absolute Gasteiger partial charge is 0.390 e. The molecular formula is C15H22N2O2. The summed E-state index contributed by atoms with van der Waals surface area (Å²) in [5.41, 5.74) is 2.17. The lowest BCUT2D eigenvalue weighted by Crippen LogP contribution is -2.36. The molecule has 1 aliphatic rings. The number of amides is 1. The fraction of sp³-hybridized carbons (Fsp3) is 0.533. The number of carbonyl (C=O) groups is 1. The Labute approximate surface area is 114 Å². The minimum atomic E-state index is -0.514. The molecule has 1 aromatic rings. The quantitative estimate of drug-likeness (QED) is 0.746. The van der Waals surface area contributed by atoms with E-state index in [-0.39, 0.29) is 11.9 Å². The number of fused-ring (bicyclic) bond motifs is 1. The van der Waals surface area contributed by atoms with Crippen molar-refractivity contribution in [2.75, 3.05) is 6.54 Å². The maximum Gasteiger partial charge on any atom is 0.221 e. The molecule has 19 heavy (non-hydrogen) atoms. The van der Waals surface area contributed by atoms with Crippen LogP contribution in [-0.2, 0) is 11.2 Å². The van der Waals surface area contributed by atoms with Crippen molar-refractivity contribution in [2.24, 2.45) is 0 Å². The Morgan fingerprint density at radius 2 is 2.16 bits per heavy atom. The Bertz CT molecular complexity index is 446. The molecule has 2 atom stereocenters. The average Bonchev–Trinajstić information content (AvgIpc) is 2.66. The van der Waals surface area contributed by atoms with Crippen molar-refractivity contribution < 1.29 is 9.90 Å². The van der Waals surface area contributed by atoms with Crippen molar-refractivity contribution in [2.45, 2.75) is 44.9 Å². The molecule has 0 saturated carbocycles. The molecule has 0 aromatic heterocycles. The van der Waals surface area contributed by atoms with Crippen LogP contribution in [0.25, 0.3) is 0 Å². The van der Waals surface area contributed by atoms with Gasteiger partial charge in [-0.25, -0.2) is 0 Å². The number of carbonyl (C=O) groups excluding carboxylic acids is 1. The normalized spacial score (nSPS) is 21.5. The van der Waals surface area contributed by atoms with Crippen molar-refractivity contribution in [1.82, 2.24) is 10.6 Å². The van der Waals surface area contributed by atoms with Gasteiger partial charge >= 0.3 is 0 Å². The number of benzene rings is 1. The van der Waals surface area contributed by atoms with E-state index in [2.05, 4.69) is 24.5 Å². The highest BCUT2D eigenvalue weighted by atomic mass is 16.3. The van der Waals surface area contributed by atoms with Crippen LogP contribution in [-0.4, -0.2) is 29.7 Å². The lowest BCUT2D eigenvalue weighted by Gasteiger charge is -2.18. The minimum absolute atomic E-state index is 0.0195. The Morgan fingerprint density at radius 1 is 1.42 bits per heavy atom. The summed E-state index contributed by atoms with van der Waals surface area (Å²) >= 11 is 0. The highest BCUT2D eigenvalue weighted by Gasteiger charge is 2.31. The SMILES string of the molecule is CC(C)NCCC(=O)N[C@@H]1c2ccccc2C[C@@H]1O. The molecule has 0 unspecified atom stereocenters. The van der Waals surface area contributed by atoms with Crippen LogP contribution in [0.2, 0.25) is 0 Å². The molecule has 3 N–H and O–H groups in total. The molecule has 1 aromatic carbocycles. The van der Waals surface area contributed by atoms with E-state index >= 15 is 0 Å². The van der Waals surface area contributed by atoms with Crippen molar-refractivity contribution >= 4 is 5.91 Å². The van der Waals surface area contributed by atoms with Crippen LogP contribution in [0.3, 0.4) is 0 Å². The second-order valence-electron chi connectivity index (χ2n) is 5.37. The molecule has 1 aliphatic carbocycles.